The average Bonchev–Trinajstić information content (AvgIpc) is 3.31. The molecule has 0 fully saturated rings. The molecule has 1 heterocycles. The minimum atomic E-state index is -7.22. The van der Waals surface area contributed by atoms with E-state index in [-0.39, 0.29) is 5.69 Å². The molecule has 7 aromatic rings. The van der Waals surface area contributed by atoms with Gasteiger partial charge < -0.3 is 0 Å². The van der Waals surface area contributed by atoms with Crippen LogP contribution in [0.1, 0.15) is 11.3 Å². The molecule has 0 aliphatic rings. The van der Waals surface area contributed by atoms with Gasteiger partial charge in [0.05, 0.1) is 5.39 Å². The Morgan fingerprint density at radius 2 is 0.627 bits per heavy atom. The first kappa shape index (κ1) is 49.4. The van der Waals surface area contributed by atoms with Gasteiger partial charge >= 0.3 is 6.08 Å². The summed E-state index contributed by atoms with van der Waals surface area (Å²) in [5.74, 6) is -72.9. The van der Waals surface area contributed by atoms with Gasteiger partial charge in [-0.05, 0) is 11.5 Å². The third-order valence-electron chi connectivity index (χ3n) is 10.2. The molecule has 7 rings (SSSR count). The van der Waals surface area contributed by atoms with Crippen LogP contribution >= 0.6 is 0 Å². The standard InChI is InChI=1S/C24BF20.C18H13F3N/c26-5-1(6(27)14(35)21(42)13(5)34)25(2-7(28)15(36)22(43)16(37)8(2)29,3-9(30)17(38)23(44)18(39)10(3)31)4-11(32)19(40)24(45)20(41)12(4)33;19-16(18(20)21)17-15-9-5-4-8-14(15)10-11-22(17)12-13-6-2-1-3-7-13/h;1-11H,12H2/q-1;+1. The summed E-state index contributed by atoms with van der Waals surface area (Å²) >= 11 is 0. The Morgan fingerprint density at radius 1 is 0.343 bits per heavy atom. The zero-order chi connectivity index (χ0) is 49.9. The fourth-order valence-corrected chi connectivity index (χ4v) is 7.38. The summed E-state index contributed by atoms with van der Waals surface area (Å²) in [4.78, 5) is 0. The molecule has 0 amide bonds. The molecule has 0 unspecified atom stereocenters. The van der Waals surface area contributed by atoms with E-state index in [0.717, 1.165) is 10.9 Å². The quantitative estimate of drug-likeness (QED) is 0.0493. The maximum absolute atomic E-state index is 15.4. The van der Waals surface area contributed by atoms with Crippen molar-refractivity contribution in [2.45, 2.75) is 6.54 Å². The highest BCUT2D eigenvalue weighted by Gasteiger charge is 2.52. The van der Waals surface area contributed by atoms with Crippen molar-refractivity contribution in [3.05, 3.63) is 201 Å². The lowest BCUT2D eigenvalue weighted by atomic mass is 9.12. The van der Waals surface area contributed by atoms with Gasteiger partial charge in [0.1, 0.15) is 52.7 Å². The Balaban J connectivity index is 0.000000279. The maximum atomic E-state index is 15.4. The first-order chi connectivity index (χ1) is 31.4. The van der Waals surface area contributed by atoms with E-state index in [9.17, 15) is 65.9 Å². The normalized spacial score (nSPS) is 11.6. The molecular formula is C42H13BF23N. The van der Waals surface area contributed by atoms with Gasteiger partial charge in [-0.15, -0.1) is 21.9 Å². The number of benzene rings is 6. The summed E-state index contributed by atoms with van der Waals surface area (Å²) in [6.07, 6.45) is -7.89. The molecule has 0 spiro atoms. The van der Waals surface area contributed by atoms with Crippen LogP contribution < -0.4 is 26.4 Å². The van der Waals surface area contributed by atoms with E-state index < -0.39 is 156 Å². The van der Waals surface area contributed by atoms with Gasteiger partial charge in [-0.25, -0.2) is 87.8 Å². The van der Waals surface area contributed by atoms with Crippen molar-refractivity contribution in [2.24, 2.45) is 0 Å². The van der Waals surface area contributed by atoms with Crippen molar-refractivity contribution in [3.8, 4) is 0 Å². The number of hydrogen-bond acceptors (Lipinski definition) is 0. The molecule has 1 aromatic heterocycles. The molecular weight excluding hydrogens is 966 g/mol. The van der Waals surface area contributed by atoms with Crippen molar-refractivity contribution >= 4 is 44.6 Å². The topological polar surface area (TPSA) is 3.88 Å². The van der Waals surface area contributed by atoms with E-state index in [1.807, 2.05) is 30.3 Å². The highest BCUT2D eigenvalue weighted by Crippen LogP contribution is 2.31. The number of hydrogen-bond donors (Lipinski definition) is 0. The van der Waals surface area contributed by atoms with Crippen LogP contribution in [0.2, 0.25) is 0 Å². The Bertz CT molecular complexity index is 2810. The number of rotatable bonds is 7. The first-order valence-electron chi connectivity index (χ1n) is 17.8. The average molecular weight is 979 g/mol. The summed E-state index contributed by atoms with van der Waals surface area (Å²) in [6.45, 7) is 0.321. The second kappa shape index (κ2) is 18.3. The van der Waals surface area contributed by atoms with Gasteiger partial charge in [-0.2, -0.15) is 17.7 Å². The fraction of sp³-hybridized carbons (Fsp3) is 0.0238. The summed E-state index contributed by atoms with van der Waals surface area (Å²) in [7, 11) is 0. The SMILES string of the molecule is FC(F)=C(F)c1c2ccccc2cc[n+]1Cc1ccccc1.Fc1c(F)c(F)c([B-](c2c(F)c(F)c(F)c(F)c2F)(c2c(F)c(F)c(F)c(F)c2F)c2c(F)c(F)c(F)c(F)c2F)c(F)c1F. The Morgan fingerprint density at radius 3 is 0.940 bits per heavy atom. The van der Waals surface area contributed by atoms with Gasteiger partial charge in [0.15, 0.2) is 82.5 Å². The lowest BCUT2D eigenvalue weighted by molar-refractivity contribution is -0.689. The Labute approximate surface area is 357 Å². The van der Waals surface area contributed by atoms with Crippen LogP contribution in [0, 0.1) is 116 Å². The van der Waals surface area contributed by atoms with Gasteiger partial charge in [0, 0.05) is 11.6 Å². The molecule has 0 aliphatic carbocycles. The lowest BCUT2D eigenvalue weighted by Gasteiger charge is -2.44. The number of halogens is 23. The van der Waals surface area contributed by atoms with Crippen LogP contribution in [0.5, 0.6) is 0 Å². The second-order valence-electron chi connectivity index (χ2n) is 13.7. The van der Waals surface area contributed by atoms with Gasteiger partial charge in [-0.3, -0.25) is 0 Å². The van der Waals surface area contributed by atoms with Crippen molar-refractivity contribution in [1.82, 2.24) is 0 Å². The molecule has 67 heavy (non-hydrogen) atoms. The molecule has 1 nitrogen and oxygen atoms in total. The highest BCUT2D eigenvalue weighted by molar-refractivity contribution is 7.20. The number of aromatic nitrogens is 1. The number of nitrogens with zero attached hydrogens (tertiary/aromatic N) is 1. The first-order valence-corrected chi connectivity index (χ1v) is 17.8. The van der Waals surface area contributed by atoms with Crippen LogP contribution in [0.4, 0.5) is 101 Å². The summed E-state index contributed by atoms with van der Waals surface area (Å²) in [5, 5.41) is 1.18. The van der Waals surface area contributed by atoms with Crippen molar-refractivity contribution < 1.29 is 106 Å². The Hall–Kier alpha value is -7.08. The zero-order valence-corrected chi connectivity index (χ0v) is 31.8. The summed E-state index contributed by atoms with van der Waals surface area (Å²) < 4.78 is 335. The second-order valence-corrected chi connectivity index (χ2v) is 13.7. The predicted octanol–water partition coefficient (Wildman–Crippen LogP) is 10.6. The van der Waals surface area contributed by atoms with Crippen molar-refractivity contribution in [3.63, 3.8) is 0 Å². The lowest BCUT2D eigenvalue weighted by Crippen LogP contribution is -2.81. The van der Waals surface area contributed by atoms with Gasteiger partial charge in [0.25, 0.3) is 11.5 Å². The molecule has 0 radical (unpaired) electrons. The van der Waals surface area contributed by atoms with Crippen molar-refractivity contribution in [1.29, 1.82) is 0 Å². The monoisotopic (exact) mass is 979 g/mol. The van der Waals surface area contributed by atoms with E-state index in [4.69, 9.17) is 0 Å². The van der Waals surface area contributed by atoms with Crippen LogP contribution in [0.25, 0.3) is 16.6 Å². The third-order valence-corrected chi connectivity index (χ3v) is 10.2. The molecule has 350 valence electrons. The number of fused-ring (bicyclic) bond motifs is 1. The van der Waals surface area contributed by atoms with E-state index >= 15 is 35.1 Å². The van der Waals surface area contributed by atoms with E-state index in [2.05, 4.69) is 0 Å². The van der Waals surface area contributed by atoms with Crippen molar-refractivity contribution in [2.75, 3.05) is 0 Å². The minimum Gasteiger partial charge on any atom is -0.207 e. The van der Waals surface area contributed by atoms with Crippen LogP contribution in [-0.2, 0) is 6.54 Å². The summed E-state index contributed by atoms with van der Waals surface area (Å²) in [5.41, 5.74) is -13.5. The van der Waals surface area contributed by atoms with Gasteiger partial charge in [0.2, 0.25) is 0 Å². The fourth-order valence-electron chi connectivity index (χ4n) is 7.38. The highest BCUT2D eigenvalue weighted by atomic mass is 19.3. The van der Waals surface area contributed by atoms with Crippen LogP contribution in [0.15, 0.2) is 72.9 Å². The minimum absolute atomic E-state index is 0.0954. The number of pyridine rings is 1. The molecule has 25 heteroatoms. The Kier molecular flexibility index (Phi) is 13.5. The smallest absolute Gasteiger partial charge is 0.207 e. The van der Waals surface area contributed by atoms with Crippen LogP contribution in [0.3, 0.4) is 0 Å². The summed E-state index contributed by atoms with van der Waals surface area (Å²) in [6, 6.07) is 18.1. The molecule has 0 saturated carbocycles. The molecule has 0 bridgehead atoms. The molecule has 0 N–H and O–H groups in total. The van der Waals surface area contributed by atoms with Crippen LogP contribution in [-0.4, -0.2) is 6.15 Å². The van der Waals surface area contributed by atoms with E-state index in [1.165, 1.54) is 4.57 Å². The molecule has 0 aliphatic heterocycles. The van der Waals surface area contributed by atoms with Gasteiger partial charge in [-0.1, -0.05) is 48.5 Å². The van der Waals surface area contributed by atoms with E-state index in [1.54, 1.807) is 36.5 Å². The predicted molar refractivity (Wildman–Crippen MR) is 189 cm³/mol. The largest absolute Gasteiger partial charge is 0.312 e. The zero-order valence-electron chi connectivity index (χ0n) is 31.8. The molecule has 6 aromatic carbocycles. The van der Waals surface area contributed by atoms with E-state index in [0.29, 0.717) is 11.9 Å². The third kappa shape index (κ3) is 7.75. The maximum Gasteiger partial charge on any atom is 0.312 e. The molecule has 0 saturated heterocycles. The molecule has 0 atom stereocenters.